The fourth-order valence-corrected chi connectivity index (χ4v) is 2.83. The third-order valence-electron chi connectivity index (χ3n) is 4.18. The summed E-state index contributed by atoms with van der Waals surface area (Å²) in [5, 5.41) is 3.36. The van der Waals surface area contributed by atoms with Crippen molar-refractivity contribution in [2.45, 2.75) is 27.0 Å². The van der Waals surface area contributed by atoms with E-state index in [-0.39, 0.29) is 5.91 Å². The molecule has 1 aromatic rings. The second kappa shape index (κ2) is 9.27. The van der Waals surface area contributed by atoms with E-state index >= 15 is 0 Å². The number of hydrogen-bond donors (Lipinski definition) is 1. The van der Waals surface area contributed by atoms with Gasteiger partial charge in [-0.25, -0.2) is 4.99 Å². The molecule has 0 unspecified atom stereocenters. The number of rotatable bonds is 5. The zero-order valence-electron chi connectivity index (χ0n) is 14.9. The number of carbonyl (C=O) groups is 1. The highest BCUT2D eigenvalue weighted by Crippen LogP contribution is 2.12. The Kier molecular flexibility index (Phi) is 7.06. The minimum atomic E-state index is 0.144. The van der Waals surface area contributed by atoms with Crippen LogP contribution in [0.3, 0.4) is 0 Å². The van der Waals surface area contributed by atoms with E-state index < -0.39 is 0 Å². The SMILES string of the molecule is CCNC(=NCc1ccccc1COC)N1CCN(C(C)=O)CC1. The summed E-state index contributed by atoms with van der Waals surface area (Å²) in [6, 6.07) is 8.22. The van der Waals surface area contributed by atoms with Gasteiger partial charge in [-0.05, 0) is 18.1 Å². The second-order valence-electron chi connectivity index (χ2n) is 5.87. The van der Waals surface area contributed by atoms with Gasteiger partial charge in [-0.15, -0.1) is 0 Å². The van der Waals surface area contributed by atoms with Gasteiger partial charge in [0.25, 0.3) is 0 Å². The van der Waals surface area contributed by atoms with Gasteiger partial charge in [0.2, 0.25) is 5.91 Å². The van der Waals surface area contributed by atoms with Crippen LogP contribution in [-0.2, 0) is 22.7 Å². The first-order valence-electron chi connectivity index (χ1n) is 8.50. The highest BCUT2D eigenvalue weighted by molar-refractivity contribution is 5.80. The first kappa shape index (κ1) is 18.3. The lowest BCUT2D eigenvalue weighted by Gasteiger charge is -2.36. The molecular formula is C18H28N4O2. The number of benzene rings is 1. The van der Waals surface area contributed by atoms with Gasteiger partial charge in [0.05, 0.1) is 13.2 Å². The lowest BCUT2D eigenvalue weighted by atomic mass is 10.1. The van der Waals surface area contributed by atoms with Gasteiger partial charge in [0, 0.05) is 46.8 Å². The van der Waals surface area contributed by atoms with Crippen LogP contribution in [0.2, 0.25) is 0 Å². The molecule has 1 saturated heterocycles. The van der Waals surface area contributed by atoms with Crippen molar-refractivity contribution in [3.63, 3.8) is 0 Å². The summed E-state index contributed by atoms with van der Waals surface area (Å²) in [5.74, 6) is 1.05. The standard InChI is InChI=1S/C18H28N4O2/c1-4-19-18(22-11-9-21(10-12-22)15(2)23)20-13-16-7-5-6-8-17(16)14-24-3/h5-8H,4,9-14H2,1-3H3,(H,19,20). The summed E-state index contributed by atoms with van der Waals surface area (Å²) < 4.78 is 5.26. The van der Waals surface area contributed by atoms with Gasteiger partial charge in [0.15, 0.2) is 5.96 Å². The van der Waals surface area contributed by atoms with Crippen molar-refractivity contribution in [1.29, 1.82) is 0 Å². The fraction of sp³-hybridized carbons (Fsp3) is 0.556. The van der Waals surface area contributed by atoms with Crippen LogP contribution in [0.1, 0.15) is 25.0 Å². The molecule has 0 aromatic heterocycles. The van der Waals surface area contributed by atoms with Gasteiger partial charge in [0.1, 0.15) is 0 Å². The molecular weight excluding hydrogens is 304 g/mol. The van der Waals surface area contributed by atoms with Crippen molar-refractivity contribution in [3.8, 4) is 0 Å². The summed E-state index contributed by atoms with van der Waals surface area (Å²) in [7, 11) is 1.71. The lowest BCUT2D eigenvalue weighted by Crippen LogP contribution is -2.53. The van der Waals surface area contributed by atoms with Crippen molar-refractivity contribution in [3.05, 3.63) is 35.4 Å². The van der Waals surface area contributed by atoms with Crippen LogP contribution in [0.25, 0.3) is 0 Å². The van der Waals surface area contributed by atoms with E-state index in [2.05, 4.69) is 29.3 Å². The summed E-state index contributed by atoms with van der Waals surface area (Å²) in [6.07, 6.45) is 0. The maximum atomic E-state index is 11.5. The molecule has 132 valence electrons. The Morgan fingerprint density at radius 2 is 1.79 bits per heavy atom. The summed E-state index contributed by atoms with van der Waals surface area (Å²) >= 11 is 0. The highest BCUT2D eigenvalue weighted by Gasteiger charge is 2.20. The average molecular weight is 332 g/mol. The molecule has 6 heteroatoms. The van der Waals surface area contributed by atoms with Crippen LogP contribution in [0.5, 0.6) is 0 Å². The number of methoxy groups -OCH3 is 1. The lowest BCUT2D eigenvalue weighted by molar-refractivity contribution is -0.130. The molecule has 1 aliphatic rings. The molecule has 1 aromatic carbocycles. The predicted octanol–water partition coefficient (Wildman–Crippen LogP) is 1.46. The van der Waals surface area contributed by atoms with E-state index in [1.165, 1.54) is 11.1 Å². The smallest absolute Gasteiger partial charge is 0.219 e. The molecule has 0 aliphatic carbocycles. The molecule has 2 rings (SSSR count). The van der Waals surface area contributed by atoms with Crippen LogP contribution in [0.15, 0.2) is 29.3 Å². The summed E-state index contributed by atoms with van der Waals surface area (Å²) in [5.41, 5.74) is 2.35. The number of hydrogen-bond acceptors (Lipinski definition) is 3. The van der Waals surface area contributed by atoms with Gasteiger partial charge in [-0.3, -0.25) is 4.79 Å². The largest absolute Gasteiger partial charge is 0.380 e. The second-order valence-corrected chi connectivity index (χ2v) is 5.87. The molecule has 6 nitrogen and oxygen atoms in total. The minimum absolute atomic E-state index is 0.144. The maximum absolute atomic E-state index is 11.5. The van der Waals surface area contributed by atoms with Gasteiger partial charge in [-0.2, -0.15) is 0 Å². The Balaban J connectivity index is 2.05. The Labute approximate surface area is 144 Å². The molecule has 0 atom stereocenters. The van der Waals surface area contributed by atoms with Gasteiger partial charge < -0.3 is 19.9 Å². The zero-order valence-corrected chi connectivity index (χ0v) is 14.9. The number of ether oxygens (including phenoxy) is 1. The van der Waals surface area contributed by atoms with Crippen molar-refractivity contribution >= 4 is 11.9 Å². The topological polar surface area (TPSA) is 57.2 Å². The summed E-state index contributed by atoms with van der Waals surface area (Å²) in [4.78, 5) is 20.4. The molecule has 1 aliphatic heterocycles. The molecule has 1 amide bonds. The predicted molar refractivity (Wildman–Crippen MR) is 95.8 cm³/mol. The maximum Gasteiger partial charge on any atom is 0.219 e. The van der Waals surface area contributed by atoms with Crippen LogP contribution >= 0.6 is 0 Å². The molecule has 0 bridgehead atoms. The number of aliphatic imine (C=N–C) groups is 1. The van der Waals surface area contributed by atoms with E-state index in [0.29, 0.717) is 13.2 Å². The van der Waals surface area contributed by atoms with E-state index in [0.717, 1.165) is 38.7 Å². The van der Waals surface area contributed by atoms with Crippen LogP contribution in [0.4, 0.5) is 0 Å². The Morgan fingerprint density at radius 1 is 1.17 bits per heavy atom. The molecule has 0 spiro atoms. The molecule has 1 fully saturated rings. The minimum Gasteiger partial charge on any atom is -0.380 e. The van der Waals surface area contributed by atoms with Crippen molar-refractivity contribution in [2.24, 2.45) is 4.99 Å². The summed E-state index contributed by atoms with van der Waals surface area (Å²) in [6.45, 7) is 8.86. The first-order chi connectivity index (χ1) is 11.7. The van der Waals surface area contributed by atoms with E-state index in [4.69, 9.17) is 9.73 Å². The highest BCUT2D eigenvalue weighted by atomic mass is 16.5. The van der Waals surface area contributed by atoms with Gasteiger partial charge >= 0.3 is 0 Å². The van der Waals surface area contributed by atoms with Crippen molar-refractivity contribution in [2.75, 3.05) is 39.8 Å². The average Bonchev–Trinajstić information content (AvgIpc) is 2.60. The van der Waals surface area contributed by atoms with Gasteiger partial charge in [-0.1, -0.05) is 24.3 Å². The Hall–Kier alpha value is -2.08. The Morgan fingerprint density at radius 3 is 2.38 bits per heavy atom. The fourth-order valence-electron chi connectivity index (χ4n) is 2.83. The molecule has 0 saturated carbocycles. The van der Waals surface area contributed by atoms with Crippen LogP contribution in [-0.4, -0.2) is 61.5 Å². The number of carbonyl (C=O) groups excluding carboxylic acids is 1. The first-order valence-corrected chi connectivity index (χ1v) is 8.50. The number of piperazine rings is 1. The van der Waals surface area contributed by atoms with Crippen molar-refractivity contribution in [1.82, 2.24) is 15.1 Å². The third kappa shape index (κ3) is 4.96. The normalized spacial score (nSPS) is 15.5. The van der Waals surface area contributed by atoms with E-state index in [9.17, 15) is 4.79 Å². The molecule has 1 heterocycles. The molecule has 0 radical (unpaired) electrons. The van der Waals surface area contributed by atoms with Crippen LogP contribution < -0.4 is 5.32 Å². The number of amides is 1. The number of nitrogens with one attached hydrogen (secondary N) is 1. The number of nitrogens with zero attached hydrogens (tertiary/aromatic N) is 3. The quantitative estimate of drug-likeness (QED) is 0.655. The van der Waals surface area contributed by atoms with E-state index in [1.807, 2.05) is 17.0 Å². The third-order valence-corrected chi connectivity index (χ3v) is 4.18. The van der Waals surface area contributed by atoms with Crippen LogP contribution in [0, 0.1) is 0 Å². The van der Waals surface area contributed by atoms with Crippen molar-refractivity contribution < 1.29 is 9.53 Å². The zero-order chi connectivity index (χ0) is 17.4. The monoisotopic (exact) mass is 332 g/mol. The molecule has 24 heavy (non-hydrogen) atoms. The van der Waals surface area contributed by atoms with E-state index in [1.54, 1.807) is 14.0 Å². The Bertz CT molecular complexity index is 566. The molecule has 1 N–H and O–H groups in total. The number of guanidine groups is 1.